The summed E-state index contributed by atoms with van der Waals surface area (Å²) in [4.78, 5) is 28.2. The van der Waals surface area contributed by atoms with Crippen molar-refractivity contribution in [2.45, 2.75) is 59.4 Å². The van der Waals surface area contributed by atoms with Crippen LogP contribution in [0.2, 0.25) is 0 Å². The maximum absolute atomic E-state index is 12.0. The Morgan fingerprint density at radius 3 is 2.39 bits per heavy atom. The molecule has 1 aromatic heterocycles. The molecule has 0 aliphatic carbocycles. The van der Waals surface area contributed by atoms with Gasteiger partial charge in [0.05, 0.1) is 12.1 Å². The first kappa shape index (κ1) is 19.6. The van der Waals surface area contributed by atoms with E-state index in [9.17, 15) is 9.59 Å². The Hall–Kier alpha value is -1.47. The SMILES string of the molecule is CCC(N)(CC)CNC(=O)Cc1csc(NC(=O)C(C)(C)C)n1. The predicted molar refractivity (Wildman–Crippen MR) is 94.4 cm³/mol. The molecule has 0 aromatic carbocycles. The van der Waals surface area contributed by atoms with Gasteiger partial charge in [-0.15, -0.1) is 11.3 Å². The highest BCUT2D eigenvalue weighted by molar-refractivity contribution is 7.13. The second kappa shape index (κ2) is 7.88. The van der Waals surface area contributed by atoms with Gasteiger partial charge in [-0.25, -0.2) is 4.98 Å². The summed E-state index contributed by atoms with van der Waals surface area (Å²) in [6.07, 6.45) is 1.80. The van der Waals surface area contributed by atoms with Gasteiger partial charge in [0.25, 0.3) is 0 Å². The molecule has 0 saturated heterocycles. The number of carbonyl (C=O) groups is 2. The van der Waals surface area contributed by atoms with Gasteiger partial charge in [-0.05, 0) is 12.8 Å². The Balaban J connectivity index is 2.53. The summed E-state index contributed by atoms with van der Waals surface area (Å²) in [5.41, 5.74) is 5.97. The third kappa shape index (κ3) is 6.27. The van der Waals surface area contributed by atoms with Crippen molar-refractivity contribution in [1.29, 1.82) is 0 Å². The minimum absolute atomic E-state index is 0.0957. The summed E-state index contributed by atoms with van der Waals surface area (Å²) in [6.45, 7) is 10.00. The number of amides is 2. The van der Waals surface area contributed by atoms with Crippen molar-refractivity contribution in [3.05, 3.63) is 11.1 Å². The number of hydrogen-bond donors (Lipinski definition) is 3. The second-order valence-corrected chi connectivity index (χ2v) is 7.73. The summed E-state index contributed by atoms with van der Waals surface area (Å²) in [5.74, 6) is -0.206. The summed E-state index contributed by atoms with van der Waals surface area (Å²) in [6, 6.07) is 0. The van der Waals surface area contributed by atoms with Crippen LogP contribution in [0, 0.1) is 5.41 Å². The molecule has 0 radical (unpaired) electrons. The molecule has 4 N–H and O–H groups in total. The minimum atomic E-state index is -0.478. The number of hydrogen-bond acceptors (Lipinski definition) is 5. The zero-order chi connectivity index (χ0) is 17.7. The Bertz CT molecular complexity index is 545. The fourth-order valence-electron chi connectivity index (χ4n) is 1.73. The number of nitrogens with two attached hydrogens (primary N) is 1. The maximum Gasteiger partial charge on any atom is 0.231 e. The standard InChI is InChI=1S/C16H28N4O2S/c1-6-16(17,7-2)10-18-12(21)8-11-9-23-14(19-11)20-13(22)15(3,4)5/h9H,6-8,10,17H2,1-5H3,(H,18,21)(H,19,20,22). The Labute approximate surface area is 142 Å². The highest BCUT2D eigenvalue weighted by atomic mass is 32.1. The lowest BCUT2D eigenvalue weighted by atomic mass is 9.94. The first-order chi connectivity index (χ1) is 10.6. The van der Waals surface area contributed by atoms with Crippen molar-refractivity contribution in [1.82, 2.24) is 10.3 Å². The van der Waals surface area contributed by atoms with Crippen LogP contribution in [0.25, 0.3) is 0 Å². The van der Waals surface area contributed by atoms with Crippen LogP contribution in [0.5, 0.6) is 0 Å². The van der Waals surface area contributed by atoms with Gasteiger partial charge in [0.2, 0.25) is 11.8 Å². The van der Waals surface area contributed by atoms with Gasteiger partial charge in [0.15, 0.2) is 5.13 Å². The Morgan fingerprint density at radius 1 is 1.26 bits per heavy atom. The molecule has 130 valence electrons. The van der Waals surface area contributed by atoms with Gasteiger partial charge in [-0.3, -0.25) is 9.59 Å². The molecule has 1 rings (SSSR count). The van der Waals surface area contributed by atoms with E-state index in [1.54, 1.807) is 5.38 Å². The van der Waals surface area contributed by atoms with Gasteiger partial charge in [0.1, 0.15) is 0 Å². The third-order valence-electron chi connectivity index (χ3n) is 3.84. The van der Waals surface area contributed by atoms with Crippen molar-refractivity contribution < 1.29 is 9.59 Å². The van der Waals surface area contributed by atoms with Crippen LogP contribution in [0.3, 0.4) is 0 Å². The quantitative estimate of drug-likeness (QED) is 0.709. The largest absolute Gasteiger partial charge is 0.354 e. The fraction of sp³-hybridized carbons (Fsp3) is 0.688. The summed E-state index contributed by atoms with van der Waals surface area (Å²) >= 11 is 1.32. The van der Waals surface area contributed by atoms with Gasteiger partial charge in [0, 0.05) is 22.9 Å². The third-order valence-corrected chi connectivity index (χ3v) is 4.65. The molecule has 0 unspecified atom stereocenters. The van der Waals surface area contributed by atoms with E-state index in [0.717, 1.165) is 12.8 Å². The van der Waals surface area contributed by atoms with Gasteiger partial charge < -0.3 is 16.4 Å². The molecule has 2 amide bonds. The molecule has 23 heavy (non-hydrogen) atoms. The molecule has 0 aliphatic rings. The van der Waals surface area contributed by atoms with Crippen LogP contribution in [0.15, 0.2) is 5.38 Å². The molecule has 7 heteroatoms. The van der Waals surface area contributed by atoms with Crippen LogP contribution in [-0.2, 0) is 16.0 Å². The molecule has 1 aromatic rings. The predicted octanol–water partition coefficient (Wildman–Crippen LogP) is 2.30. The van der Waals surface area contributed by atoms with Gasteiger partial charge in [-0.1, -0.05) is 34.6 Å². The molecule has 0 bridgehead atoms. The number of carbonyl (C=O) groups excluding carboxylic acids is 2. The van der Waals surface area contributed by atoms with Crippen LogP contribution in [0.1, 0.15) is 53.2 Å². The highest BCUT2D eigenvalue weighted by Crippen LogP contribution is 2.20. The second-order valence-electron chi connectivity index (χ2n) is 6.87. The summed E-state index contributed by atoms with van der Waals surface area (Å²) in [5, 5.41) is 7.93. The van der Waals surface area contributed by atoms with Crippen LogP contribution >= 0.6 is 11.3 Å². The van der Waals surface area contributed by atoms with Crippen molar-refractivity contribution in [3.63, 3.8) is 0 Å². The number of nitrogens with zero attached hydrogens (tertiary/aromatic N) is 1. The van der Waals surface area contributed by atoms with Crippen LogP contribution in [-0.4, -0.2) is 28.9 Å². The molecule has 0 aliphatic heterocycles. The summed E-state index contributed by atoms with van der Waals surface area (Å²) in [7, 11) is 0. The number of nitrogens with one attached hydrogen (secondary N) is 2. The van der Waals surface area contributed by atoms with E-state index in [2.05, 4.69) is 15.6 Å². The average Bonchev–Trinajstić information content (AvgIpc) is 2.91. The summed E-state index contributed by atoms with van der Waals surface area (Å²) < 4.78 is 0. The van der Waals surface area contributed by atoms with Crippen molar-refractivity contribution in [3.8, 4) is 0 Å². The lowest BCUT2D eigenvalue weighted by Crippen LogP contribution is -2.49. The molecule has 6 nitrogen and oxygen atoms in total. The lowest BCUT2D eigenvalue weighted by Gasteiger charge is -2.26. The van der Waals surface area contributed by atoms with Crippen LogP contribution < -0.4 is 16.4 Å². The topological polar surface area (TPSA) is 97.1 Å². The number of aromatic nitrogens is 1. The molecular formula is C16H28N4O2S. The number of rotatable bonds is 7. The van der Waals surface area contributed by atoms with Crippen LogP contribution in [0.4, 0.5) is 5.13 Å². The van der Waals surface area contributed by atoms with E-state index in [1.807, 2.05) is 34.6 Å². The maximum atomic E-state index is 12.0. The Morgan fingerprint density at radius 2 is 1.87 bits per heavy atom. The molecule has 0 atom stereocenters. The van der Waals surface area contributed by atoms with Crippen molar-refractivity contribution >= 4 is 28.3 Å². The van der Waals surface area contributed by atoms with E-state index >= 15 is 0 Å². The Kier molecular flexibility index (Phi) is 6.70. The minimum Gasteiger partial charge on any atom is -0.354 e. The van der Waals surface area contributed by atoms with E-state index in [4.69, 9.17) is 5.73 Å². The molecule has 0 saturated carbocycles. The highest BCUT2D eigenvalue weighted by Gasteiger charge is 2.23. The van der Waals surface area contributed by atoms with Gasteiger partial charge in [-0.2, -0.15) is 0 Å². The molecule has 0 spiro atoms. The molecular weight excluding hydrogens is 312 g/mol. The fourth-order valence-corrected chi connectivity index (χ4v) is 2.44. The zero-order valence-electron chi connectivity index (χ0n) is 14.7. The van der Waals surface area contributed by atoms with E-state index < -0.39 is 5.41 Å². The van der Waals surface area contributed by atoms with Crippen molar-refractivity contribution in [2.24, 2.45) is 11.1 Å². The van der Waals surface area contributed by atoms with Crippen molar-refractivity contribution in [2.75, 3.05) is 11.9 Å². The zero-order valence-corrected chi connectivity index (χ0v) is 15.5. The average molecular weight is 340 g/mol. The smallest absolute Gasteiger partial charge is 0.231 e. The van der Waals surface area contributed by atoms with Gasteiger partial charge >= 0.3 is 0 Å². The molecule has 1 heterocycles. The lowest BCUT2D eigenvalue weighted by molar-refractivity contribution is -0.123. The normalized spacial score (nSPS) is 12.1. The monoisotopic (exact) mass is 340 g/mol. The number of thiazole rings is 1. The molecule has 0 fully saturated rings. The first-order valence-corrected chi connectivity index (χ1v) is 8.79. The van der Waals surface area contributed by atoms with E-state index in [-0.39, 0.29) is 23.8 Å². The number of anilines is 1. The first-order valence-electron chi connectivity index (χ1n) is 7.91. The van der Waals surface area contributed by atoms with E-state index in [0.29, 0.717) is 17.4 Å². The van der Waals surface area contributed by atoms with E-state index in [1.165, 1.54) is 11.3 Å².